The summed E-state index contributed by atoms with van der Waals surface area (Å²) in [6, 6.07) is 11.7. The molecule has 156 valence electrons. The maximum Gasteiger partial charge on any atom is 0.254 e. The minimum atomic E-state index is -0.289. The van der Waals surface area contributed by atoms with E-state index in [2.05, 4.69) is 26.5 Å². The third-order valence-corrected chi connectivity index (χ3v) is 4.73. The van der Waals surface area contributed by atoms with Crippen LogP contribution in [0, 0.1) is 5.82 Å². The molecule has 0 saturated carbocycles. The Morgan fingerprint density at radius 2 is 2.07 bits per heavy atom. The van der Waals surface area contributed by atoms with Crippen molar-refractivity contribution in [3.63, 3.8) is 0 Å². The molecule has 29 heavy (non-hydrogen) atoms. The van der Waals surface area contributed by atoms with Crippen LogP contribution in [0.15, 0.2) is 52.0 Å². The normalized spacial score (nSPS) is 14.4. The molecule has 0 aliphatic carbocycles. The number of amides is 1. The van der Waals surface area contributed by atoms with Crippen molar-refractivity contribution in [2.24, 2.45) is 5.10 Å². The zero-order valence-electron chi connectivity index (χ0n) is 15.6. The van der Waals surface area contributed by atoms with Gasteiger partial charge in [0.05, 0.1) is 30.4 Å². The van der Waals surface area contributed by atoms with E-state index in [-0.39, 0.29) is 30.7 Å². The number of halogens is 3. The second-order valence-electron chi connectivity index (χ2n) is 6.29. The third-order valence-electron chi connectivity index (χ3n) is 4.11. The van der Waals surface area contributed by atoms with Gasteiger partial charge in [0.2, 0.25) is 0 Å². The monoisotopic (exact) mass is 485 g/mol. The molecular formula is C20H22BrClFN3O3. The molecule has 1 saturated heterocycles. The zero-order valence-corrected chi connectivity index (χ0v) is 18.0. The molecule has 3 rings (SSSR count). The van der Waals surface area contributed by atoms with Crippen LogP contribution in [0.1, 0.15) is 11.1 Å². The number of carbonyl (C=O) groups excluding carboxylic acids is 1. The van der Waals surface area contributed by atoms with Crippen molar-refractivity contribution in [3.05, 3.63) is 63.9 Å². The highest BCUT2D eigenvalue weighted by Crippen LogP contribution is 2.26. The van der Waals surface area contributed by atoms with E-state index >= 15 is 0 Å². The van der Waals surface area contributed by atoms with Crippen molar-refractivity contribution in [1.29, 1.82) is 0 Å². The summed E-state index contributed by atoms with van der Waals surface area (Å²) < 4.78 is 24.9. The highest BCUT2D eigenvalue weighted by molar-refractivity contribution is 9.10. The molecule has 6 nitrogen and oxygen atoms in total. The quantitative estimate of drug-likeness (QED) is 0.481. The summed E-state index contributed by atoms with van der Waals surface area (Å²) in [4.78, 5) is 13.9. The van der Waals surface area contributed by atoms with Gasteiger partial charge < -0.3 is 9.47 Å². The second-order valence-corrected chi connectivity index (χ2v) is 7.14. The minimum absolute atomic E-state index is 0. The number of benzene rings is 2. The van der Waals surface area contributed by atoms with E-state index in [9.17, 15) is 9.18 Å². The van der Waals surface area contributed by atoms with Crippen LogP contribution in [-0.4, -0.2) is 49.9 Å². The average Bonchev–Trinajstić information content (AvgIpc) is 2.68. The van der Waals surface area contributed by atoms with Crippen LogP contribution < -0.4 is 10.2 Å². The molecule has 0 bridgehead atoms. The third kappa shape index (κ3) is 7.74. The van der Waals surface area contributed by atoms with Crippen LogP contribution in [0.2, 0.25) is 0 Å². The topological polar surface area (TPSA) is 63.2 Å². The molecule has 1 fully saturated rings. The first-order valence-electron chi connectivity index (χ1n) is 8.89. The van der Waals surface area contributed by atoms with Crippen molar-refractivity contribution in [3.8, 4) is 5.75 Å². The van der Waals surface area contributed by atoms with E-state index in [1.807, 2.05) is 17.0 Å². The number of hydrogen-bond donors (Lipinski definition) is 1. The molecule has 1 aliphatic heterocycles. The van der Waals surface area contributed by atoms with Crippen LogP contribution in [0.25, 0.3) is 0 Å². The summed E-state index contributed by atoms with van der Waals surface area (Å²) in [6.07, 6.45) is 1.57. The fraction of sp³-hybridized carbons (Fsp3) is 0.300. The van der Waals surface area contributed by atoms with E-state index in [4.69, 9.17) is 9.47 Å². The first-order chi connectivity index (χ1) is 13.6. The Labute approximate surface area is 183 Å². The number of morpholine rings is 1. The van der Waals surface area contributed by atoms with Gasteiger partial charge in [-0.25, -0.2) is 9.82 Å². The molecule has 2 aromatic carbocycles. The van der Waals surface area contributed by atoms with Gasteiger partial charge in [-0.3, -0.25) is 9.69 Å². The lowest BCUT2D eigenvalue weighted by Gasteiger charge is -2.25. The van der Waals surface area contributed by atoms with E-state index in [0.29, 0.717) is 25.5 Å². The van der Waals surface area contributed by atoms with Crippen molar-refractivity contribution in [2.75, 3.05) is 32.8 Å². The van der Waals surface area contributed by atoms with E-state index in [1.54, 1.807) is 24.4 Å². The van der Waals surface area contributed by atoms with Crippen LogP contribution in [0.4, 0.5) is 4.39 Å². The molecule has 9 heteroatoms. The van der Waals surface area contributed by atoms with Crippen LogP contribution in [0.3, 0.4) is 0 Å². The van der Waals surface area contributed by atoms with Gasteiger partial charge in [0, 0.05) is 13.1 Å². The molecule has 1 N–H and O–H groups in total. The number of nitrogens with one attached hydrogen (secondary N) is 1. The summed E-state index contributed by atoms with van der Waals surface area (Å²) >= 11 is 3.46. The number of rotatable bonds is 7. The highest BCUT2D eigenvalue weighted by Gasteiger charge is 2.13. The Hall–Kier alpha value is -2.00. The minimum Gasteiger partial charge on any atom is -0.488 e. The number of ether oxygens (including phenoxy) is 2. The molecule has 0 atom stereocenters. The smallest absolute Gasteiger partial charge is 0.254 e. The maximum atomic E-state index is 13.2. The summed E-state index contributed by atoms with van der Waals surface area (Å²) in [5.74, 6) is 0.187. The van der Waals surface area contributed by atoms with Crippen LogP contribution in [-0.2, 0) is 16.1 Å². The van der Waals surface area contributed by atoms with Crippen molar-refractivity contribution < 1.29 is 18.7 Å². The maximum absolute atomic E-state index is 13.2. The predicted molar refractivity (Wildman–Crippen MR) is 115 cm³/mol. The second kappa shape index (κ2) is 11.9. The first-order valence-corrected chi connectivity index (χ1v) is 9.68. The number of hydrogen-bond acceptors (Lipinski definition) is 5. The van der Waals surface area contributed by atoms with Crippen LogP contribution >= 0.6 is 28.3 Å². The summed E-state index contributed by atoms with van der Waals surface area (Å²) in [5.41, 5.74) is 4.08. The molecule has 0 spiro atoms. The molecule has 0 aromatic heterocycles. The average molecular weight is 487 g/mol. The van der Waals surface area contributed by atoms with Gasteiger partial charge in [-0.2, -0.15) is 5.10 Å². The van der Waals surface area contributed by atoms with E-state index in [0.717, 1.165) is 28.7 Å². The highest BCUT2D eigenvalue weighted by atomic mass is 79.9. The van der Waals surface area contributed by atoms with Gasteiger partial charge in [-0.15, -0.1) is 12.4 Å². The molecule has 0 radical (unpaired) electrons. The van der Waals surface area contributed by atoms with Gasteiger partial charge in [-0.1, -0.05) is 12.1 Å². The number of carbonyl (C=O) groups is 1. The Morgan fingerprint density at radius 1 is 1.28 bits per heavy atom. The van der Waals surface area contributed by atoms with Gasteiger partial charge >= 0.3 is 0 Å². The Balaban J connectivity index is 0.00000300. The van der Waals surface area contributed by atoms with Crippen molar-refractivity contribution in [1.82, 2.24) is 10.3 Å². The lowest BCUT2D eigenvalue weighted by atomic mass is 10.2. The van der Waals surface area contributed by atoms with Crippen LogP contribution in [0.5, 0.6) is 5.75 Å². The van der Waals surface area contributed by atoms with Gasteiger partial charge in [0.15, 0.2) is 0 Å². The Bertz CT molecular complexity index is 847. The van der Waals surface area contributed by atoms with E-state index < -0.39 is 0 Å². The predicted octanol–water partition coefficient (Wildman–Crippen LogP) is 3.37. The molecule has 1 amide bonds. The fourth-order valence-electron chi connectivity index (χ4n) is 2.68. The number of nitrogens with zero attached hydrogens (tertiary/aromatic N) is 2. The van der Waals surface area contributed by atoms with Gasteiger partial charge in [0.1, 0.15) is 18.2 Å². The fourth-order valence-corrected chi connectivity index (χ4v) is 3.19. The molecule has 1 aliphatic rings. The summed E-state index contributed by atoms with van der Waals surface area (Å²) in [5, 5.41) is 4.00. The van der Waals surface area contributed by atoms with Crippen molar-refractivity contribution >= 4 is 40.5 Å². The number of hydrazone groups is 1. The molecule has 1 heterocycles. The molecule has 0 unspecified atom stereocenters. The summed E-state index contributed by atoms with van der Waals surface area (Å²) in [7, 11) is 0. The SMILES string of the molecule is Cl.O=C(CN1CCOCC1)N/N=C/c1ccc(OCc2cccc(F)c2)c(Br)c1. The van der Waals surface area contributed by atoms with Gasteiger partial charge in [0.25, 0.3) is 5.91 Å². The largest absolute Gasteiger partial charge is 0.488 e. The zero-order chi connectivity index (χ0) is 19.8. The molecule has 2 aromatic rings. The summed E-state index contributed by atoms with van der Waals surface area (Å²) in [6.45, 7) is 3.37. The standard InChI is InChI=1S/C20H21BrFN3O3.ClH/c21-18-11-15(12-23-24-20(26)13-25-6-8-27-9-7-25)4-5-19(18)28-14-16-2-1-3-17(22)10-16;/h1-5,10-12H,6-9,13-14H2,(H,24,26);1H/b23-12+;. The van der Waals surface area contributed by atoms with Gasteiger partial charge in [-0.05, 0) is 57.4 Å². The first kappa shape index (κ1) is 23.3. The lowest BCUT2D eigenvalue weighted by Crippen LogP contribution is -2.42. The Kier molecular flexibility index (Phi) is 9.53. The van der Waals surface area contributed by atoms with E-state index in [1.165, 1.54) is 12.1 Å². The lowest BCUT2D eigenvalue weighted by molar-refractivity contribution is -0.123. The van der Waals surface area contributed by atoms with Crippen molar-refractivity contribution in [2.45, 2.75) is 6.61 Å². The Morgan fingerprint density at radius 3 is 2.79 bits per heavy atom. The molecular weight excluding hydrogens is 465 g/mol.